The van der Waals surface area contributed by atoms with Crippen molar-refractivity contribution in [2.75, 3.05) is 18.4 Å². The van der Waals surface area contributed by atoms with Crippen molar-refractivity contribution < 1.29 is 18.0 Å². The van der Waals surface area contributed by atoms with E-state index < -0.39 is 10.0 Å². The Kier molecular flexibility index (Phi) is 8.63. The summed E-state index contributed by atoms with van der Waals surface area (Å²) in [6, 6.07) is 16.5. The number of piperidine rings is 1. The van der Waals surface area contributed by atoms with Crippen molar-refractivity contribution in [3.05, 3.63) is 60.2 Å². The van der Waals surface area contributed by atoms with Crippen molar-refractivity contribution in [1.82, 2.24) is 9.62 Å². The Morgan fingerprint density at radius 1 is 1.03 bits per heavy atom. The number of aryl methyl sites for hydroxylation is 1. The first kappa shape index (κ1) is 24.9. The maximum Gasteiger partial charge on any atom is 0.243 e. The van der Waals surface area contributed by atoms with Crippen LogP contribution in [0.5, 0.6) is 0 Å². The van der Waals surface area contributed by atoms with Crippen LogP contribution in [-0.4, -0.2) is 43.7 Å². The maximum absolute atomic E-state index is 12.9. The Morgan fingerprint density at radius 2 is 1.67 bits per heavy atom. The van der Waals surface area contributed by atoms with E-state index >= 15 is 0 Å². The van der Waals surface area contributed by atoms with Crippen LogP contribution < -0.4 is 10.6 Å². The van der Waals surface area contributed by atoms with Gasteiger partial charge in [0.25, 0.3) is 0 Å². The Bertz CT molecular complexity index is 1030. The van der Waals surface area contributed by atoms with Gasteiger partial charge in [-0.1, -0.05) is 30.3 Å². The van der Waals surface area contributed by atoms with E-state index in [1.807, 2.05) is 25.1 Å². The minimum Gasteiger partial charge on any atom is -0.354 e. The molecule has 0 aliphatic carbocycles. The molecule has 0 saturated carbocycles. The lowest BCUT2D eigenvalue weighted by Gasteiger charge is -2.31. The lowest BCUT2D eigenvalue weighted by atomic mass is 9.94. The SMILES string of the molecule is CC(=O)Nc1ccc(S(=O)(=O)N2CCC(CC(=O)NC(C)CCc3ccccc3)CC2)cc1. The molecule has 0 spiro atoms. The van der Waals surface area contributed by atoms with E-state index in [4.69, 9.17) is 0 Å². The zero-order valence-corrected chi connectivity index (χ0v) is 20.1. The first-order valence-electron chi connectivity index (χ1n) is 11.4. The summed E-state index contributed by atoms with van der Waals surface area (Å²) in [4.78, 5) is 23.8. The van der Waals surface area contributed by atoms with E-state index in [0.29, 0.717) is 38.0 Å². The van der Waals surface area contributed by atoms with Gasteiger partial charge in [0.2, 0.25) is 21.8 Å². The molecule has 2 amide bonds. The quantitative estimate of drug-likeness (QED) is 0.584. The van der Waals surface area contributed by atoms with Crippen molar-refractivity contribution in [2.24, 2.45) is 5.92 Å². The molecule has 2 N–H and O–H groups in total. The van der Waals surface area contributed by atoms with Crippen LogP contribution in [0.3, 0.4) is 0 Å². The van der Waals surface area contributed by atoms with Crippen LogP contribution in [-0.2, 0) is 26.0 Å². The number of sulfonamides is 1. The molecule has 0 radical (unpaired) electrons. The van der Waals surface area contributed by atoms with Gasteiger partial charge in [-0.05, 0) is 68.4 Å². The number of anilines is 1. The third kappa shape index (κ3) is 7.40. The minimum absolute atomic E-state index is 0.0328. The van der Waals surface area contributed by atoms with E-state index in [1.165, 1.54) is 28.9 Å². The number of rotatable bonds is 9. The van der Waals surface area contributed by atoms with Gasteiger partial charge in [-0.25, -0.2) is 8.42 Å². The van der Waals surface area contributed by atoms with Gasteiger partial charge in [0.05, 0.1) is 4.90 Å². The van der Waals surface area contributed by atoms with Crippen LogP contribution in [0, 0.1) is 5.92 Å². The number of nitrogens with zero attached hydrogens (tertiary/aromatic N) is 1. The van der Waals surface area contributed by atoms with E-state index in [9.17, 15) is 18.0 Å². The van der Waals surface area contributed by atoms with Crippen molar-refractivity contribution in [3.63, 3.8) is 0 Å². The van der Waals surface area contributed by atoms with Crippen LogP contribution in [0.1, 0.15) is 45.1 Å². The number of hydrogen-bond acceptors (Lipinski definition) is 4. The van der Waals surface area contributed by atoms with Crippen molar-refractivity contribution in [1.29, 1.82) is 0 Å². The molecule has 8 heteroatoms. The molecule has 0 aromatic heterocycles. The molecule has 1 fully saturated rings. The number of carbonyl (C=O) groups excluding carboxylic acids is 2. The Morgan fingerprint density at radius 3 is 2.27 bits per heavy atom. The number of hydrogen-bond donors (Lipinski definition) is 2. The monoisotopic (exact) mass is 471 g/mol. The Hall–Kier alpha value is -2.71. The molecule has 1 aliphatic rings. The van der Waals surface area contributed by atoms with Crippen molar-refractivity contribution >= 4 is 27.5 Å². The molecule has 178 valence electrons. The van der Waals surface area contributed by atoms with Gasteiger partial charge in [0.1, 0.15) is 0 Å². The molecule has 2 aromatic carbocycles. The third-order valence-electron chi connectivity index (χ3n) is 5.98. The summed E-state index contributed by atoms with van der Waals surface area (Å²) in [5.41, 5.74) is 1.82. The number of carbonyl (C=O) groups is 2. The summed E-state index contributed by atoms with van der Waals surface area (Å²) >= 11 is 0. The number of amides is 2. The third-order valence-corrected chi connectivity index (χ3v) is 7.89. The van der Waals surface area contributed by atoms with Gasteiger partial charge < -0.3 is 10.6 Å². The number of nitrogens with one attached hydrogen (secondary N) is 2. The van der Waals surface area contributed by atoms with Gasteiger partial charge in [0, 0.05) is 38.2 Å². The average molecular weight is 472 g/mol. The average Bonchev–Trinajstić information content (AvgIpc) is 2.78. The van der Waals surface area contributed by atoms with Gasteiger partial charge in [0.15, 0.2) is 0 Å². The minimum atomic E-state index is -3.59. The zero-order chi connectivity index (χ0) is 23.8. The van der Waals surface area contributed by atoms with Gasteiger partial charge in [-0.3, -0.25) is 9.59 Å². The summed E-state index contributed by atoms with van der Waals surface area (Å²) < 4.78 is 27.4. The molecule has 33 heavy (non-hydrogen) atoms. The lowest BCUT2D eigenvalue weighted by Crippen LogP contribution is -2.40. The fraction of sp³-hybridized carbons (Fsp3) is 0.440. The fourth-order valence-corrected chi connectivity index (χ4v) is 5.58. The van der Waals surface area contributed by atoms with Crippen LogP contribution in [0.25, 0.3) is 0 Å². The van der Waals surface area contributed by atoms with Gasteiger partial charge >= 0.3 is 0 Å². The van der Waals surface area contributed by atoms with Crippen LogP contribution in [0.2, 0.25) is 0 Å². The highest BCUT2D eigenvalue weighted by atomic mass is 32.2. The van der Waals surface area contributed by atoms with E-state index in [1.54, 1.807) is 12.1 Å². The summed E-state index contributed by atoms with van der Waals surface area (Å²) in [5.74, 6) is 0.00708. The standard InChI is InChI=1S/C25H33N3O4S/c1-19(8-9-21-6-4-3-5-7-21)26-25(30)18-22-14-16-28(17-15-22)33(31,32)24-12-10-23(11-13-24)27-20(2)29/h3-7,10-13,19,22H,8-9,14-18H2,1-2H3,(H,26,30)(H,27,29). The molecule has 0 bridgehead atoms. The van der Waals surface area contributed by atoms with Gasteiger partial charge in [-0.2, -0.15) is 4.31 Å². The summed E-state index contributed by atoms with van der Waals surface area (Å²) in [6.45, 7) is 4.22. The highest BCUT2D eigenvalue weighted by Crippen LogP contribution is 2.26. The smallest absolute Gasteiger partial charge is 0.243 e. The zero-order valence-electron chi connectivity index (χ0n) is 19.3. The second-order valence-corrected chi connectivity index (χ2v) is 10.7. The van der Waals surface area contributed by atoms with Crippen molar-refractivity contribution in [2.45, 2.75) is 56.9 Å². The lowest BCUT2D eigenvalue weighted by molar-refractivity contribution is -0.123. The molecule has 1 atom stereocenters. The maximum atomic E-state index is 12.9. The summed E-state index contributed by atoms with van der Waals surface area (Å²) in [5, 5.41) is 5.71. The van der Waals surface area contributed by atoms with E-state index in [2.05, 4.69) is 22.8 Å². The molecule has 1 aliphatic heterocycles. The fourth-order valence-electron chi connectivity index (χ4n) is 4.11. The van der Waals surface area contributed by atoms with E-state index in [-0.39, 0.29) is 28.7 Å². The molecule has 3 rings (SSSR count). The molecular weight excluding hydrogens is 438 g/mol. The summed E-state index contributed by atoms with van der Waals surface area (Å²) in [6.07, 6.45) is 3.55. The second kappa shape index (κ2) is 11.4. The normalized spacial score (nSPS) is 16.2. The molecule has 1 saturated heterocycles. The highest BCUT2D eigenvalue weighted by molar-refractivity contribution is 7.89. The molecule has 2 aromatic rings. The predicted molar refractivity (Wildman–Crippen MR) is 129 cm³/mol. The topological polar surface area (TPSA) is 95.6 Å². The highest BCUT2D eigenvalue weighted by Gasteiger charge is 2.30. The first-order valence-corrected chi connectivity index (χ1v) is 12.9. The predicted octanol–water partition coefficient (Wildman–Crippen LogP) is 3.57. The molecule has 7 nitrogen and oxygen atoms in total. The molecular formula is C25H33N3O4S. The first-order chi connectivity index (χ1) is 15.7. The summed E-state index contributed by atoms with van der Waals surface area (Å²) in [7, 11) is -3.59. The Labute approximate surface area is 196 Å². The van der Waals surface area contributed by atoms with Crippen LogP contribution in [0.15, 0.2) is 59.5 Å². The van der Waals surface area contributed by atoms with E-state index in [0.717, 1.165) is 12.8 Å². The largest absolute Gasteiger partial charge is 0.354 e. The Balaban J connectivity index is 1.44. The van der Waals surface area contributed by atoms with Crippen molar-refractivity contribution in [3.8, 4) is 0 Å². The number of benzene rings is 2. The van der Waals surface area contributed by atoms with Crippen LogP contribution in [0.4, 0.5) is 5.69 Å². The van der Waals surface area contributed by atoms with Crippen LogP contribution >= 0.6 is 0 Å². The second-order valence-electron chi connectivity index (χ2n) is 8.75. The molecule has 1 unspecified atom stereocenters. The molecule has 1 heterocycles. The van der Waals surface area contributed by atoms with Gasteiger partial charge in [-0.15, -0.1) is 0 Å².